The van der Waals surface area contributed by atoms with Crippen LogP contribution in [0.25, 0.3) is 0 Å². The van der Waals surface area contributed by atoms with E-state index in [0.717, 1.165) is 13.0 Å². The first-order chi connectivity index (χ1) is 9.20. The van der Waals surface area contributed by atoms with Crippen LogP contribution in [0.5, 0.6) is 0 Å². The molecule has 0 amide bonds. The van der Waals surface area contributed by atoms with E-state index >= 15 is 0 Å². The van der Waals surface area contributed by atoms with Crippen molar-refractivity contribution in [3.8, 4) is 0 Å². The maximum absolute atomic E-state index is 4.38. The molecule has 0 saturated heterocycles. The van der Waals surface area contributed by atoms with Gasteiger partial charge in [-0.3, -0.25) is 0 Å². The van der Waals surface area contributed by atoms with Gasteiger partial charge >= 0.3 is 0 Å². The highest BCUT2D eigenvalue weighted by molar-refractivity contribution is 7.09. The summed E-state index contributed by atoms with van der Waals surface area (Å²) < 4.78 is 0. The maximum atomic E-state index is 4.38. The lowest BCUT2D eigenvalue weighted by Gasteiger charge is -2.19. The summed E-state index contributed by atoms with van der Waals surface area (Å²) in [5.41, 5.74) is 2.69. The van der Waals surface area contributed by atoms with Crippen molar-refractivity contribution in [2.45, 2.75) is 39.2 Å². The van der Waals surface area contributed by atoms with Crippen LogP contribution in [-0.2, 0) is 0 Å². The zero-order valence-corrected chi connectivity index (χ0v) is 12.7. The minimum absolute atomic E-state index is 0.433. The van der Waals surface area contributed by atoms with Crippen molar-refractivity contribution in [1.29, 1.82) is 0 Å². The van der Waals surface area contributed by atoms with Crippen molar-refractivity contribution < 1.29 is 0 Å². The standard InChI is InChI=1S/C16H22N2S/c1-4-15(14-7-5-12(2)6-8-14)18-11-13(3)16-17-9-10-19-16/h5-10,13,15,18H,4,11H2,1-3H3. The van der Waals surface area contributed by atoms with Gasteiger partial charge < -0.3 is 5.32 Å². The smallest absolute Gasteiger partial charge is 0.0965 e. The Morgan fingerprint density at radius 1 is 1.26 bits per heavy atom. The van der Waals surface area contributed by atoms with Crippen LogP contribution in [0, 0.1) is 6.92 Å². The molecular weight excluding hydrogens is 252 g/mol. The Morgan fingerprint density at radius 2 is 2.00 bits per heavy atom. The van der Waals surface area contributed by atoms with Gasteiger partial charge in [0, 0.05) is 30.1 Å². The quantitative estimate of drug-likeness (QED) is 0.849. The average molecular weight is 274 g/mol. The molecule has 2 atom stereocenters. The van der Waals surface area contributed by atoms with E-state index in [4.69, 9.17) is 0 Å². The van der Waals surface area contributed by atoms with Gasteiger partial charge in [0.2, 0.25) is 0 Å². The van der Waals surface area contributed by atoms with Crippen molar-refractivity contribution in [2.24, 2.45) is 0 Å². The molecule has 2 nitrogen and oxygen atoms in total. The van der Waals surface area contributed by atoms with Crippen molar-refractivity contribution in [3.05, 3.63) is 52.0 Å². The van der Waals surface area contributed by atoms with Crippen LogP contribution in [0.2, 0.25) is 0 Å². The molecule has 102 valence electrons. The second-order valence-corrected chi connectivity index (χ2v) is 5.98. The van der Waals surface area contributed by atoms with Gasteiger partial charge in [-0.2, -0.15) is 0 Å². The van der Waals surface area contributed by atoms with Crippen LogP contribution in [-0.4, -0.2) is 11.5 Å². The van der Waals surface area contributed by atoms with E-state index in [9.17, 15) is 0 Å². The third-order valence-electron chi connectivity index (χ3n) is 3.43. The third kappa shape index (κ3) is 3.88. The molecule has 2 rings (SSSR count). The summed E-state index contributed by atoms with van der Waals surface area (Å²) in [6.07, 6.45) is 2.99. The molecule has 0 aliphatic carbocycles. The predicted molar refractivity (Wildman–Crippen MR) is 82.7 cm³/mol. The summed E-state index contributed by atoms with van der Waals surface area (Å²) in [5.74, 6) is 0.472. The monoisotopic (exact) mass is 274 g/mol. The summed E-state index contributed by atoms with van der Waals surface area (Å²) in [6, 6.07) is 9.26. The van der Waals surface area contributed by atoms with Gasteiger partial charge in [-0.15, -0.1) is 11.3 Å². The van der Waals surface area contributed by atoms with E-state index < -0.39 is 0 Å². The number of thiazole rings is 1. The number of benzene rings is 1. The van der Waals surface area contributed by atoms with Gasteiger partial charge in [-0.25, -0.2) is 4.98 Å². The summed E-state index contributed by atoms with van der Waals surface area (Å²) in [4.78, 5) is 4.38. The Kier molecular flexibility index (Phi) is 5.11. The SMILES string of the molecule is CCC(NCC(C)c1nccs1)c1ccc(C)cc1. The van der Waals surface area contributed by atoms with Gasteiger partial charge in [-0.05, 0) is 18.9 Å². The topological polar surface area (TPSA) is 24.9 Å². The van der Waals surface area contributed by atoms with Gasteiger partial charge in [-0.1, -0.05) is 43.7 Å². The molecule has 1 N–H and O–H groups in total. The second-order valence-electron chi connectivity index (χ2n) is 5.05. The van der Waals surface area contributed by atoms with Crippen LogP contribution < -0.4 is 5.32 Å². The molecule has 19 heavy (non-hydrogen) atoms. The van der Waals surface area contributed by atoms with E-state index in [2.05, 4.69) is 55.3 Å². The summed E-state index contributed by atoms with van der Waals surface area (Å²) >= 11 is 1.74. The number of aromatic nitrogens is 1. The molecule has 0 aliphatic rings. The average Bonchev–Trinajstić information content (AvgIpc) is 2.95. The summed E-state index contributed by atoms with van der Waals surface area (Å²) in [7, 11) is 0. The Labute approximate surface area is 119 Å². The number of hydrogen-bond donors (Lipinski definition) is 1. The number of aryl methyl sites for hydroxylation is 1. The van der Waals surface area contributed by atoms with Crippen LogP contribution in [0.15, 0.2) is 35.8 Å². The highest BCUT2D eigenvalue weighted by Gasteiger charge is 2.12. The van der Waals surface area contributed by atoms with Gasteiger partial charge in [0.15, 0.2) is 0 Å². The maximum Gasteiger partial charge on any atom is 0.0965 e. The molecule has 0 radical (unpaired) electrons. The minimum Gasteiger partial charge on any atom is -0.309 e. The number of nitrogens with one attached hydrogen (secondary N) is 1. The van der Waals surface area contributed by atoms with E-state index in [0.29, 0.717) is 12.0 Å². The lowest BCUT2D eigenvalue weighted by atomic mass is 10.0. The predicted octanol–water partition coefficient (Wildman–Crippen LogP) is 4.30. The van der Waals surface area contributed by atoms with Crippen LogP contribution in [0.4, 0.5) is 0 Å². The molecule has 1 aromatic carbocycles. The zero-order chi connectivity index (χ0) is 13.7. The first kappa shape index (κ1) is 14.2. The van der Waals surface area contributed by atoms with Gasteiger partial charge in [0.05, 0.1) is 5.01 Å². The first-order valence-electron chi connectivity index (χ1n) is 6.90. The normalized spacial score (nSPS) is 14.3. The fraction of sp³-hybridized carbons (Fsp3) is 0.438. The first-order valence-corrected chi connectivity index (χ1v) is 7.78. The fourth-order valence-corrected chi connectivity index (χ4v) is 2.88. The lowest BCUT2D eigenvalue weighted by Crippen LogP contribution is -2.25. The number of rotatable bonds is 6. The molecule has 0 spiro atoms. The van der Waals surface area contributed by atoms with Crippen molar-refractivity contribution in [3.63, 3.8) is 0 Å². The Balaban J connectivity index is 1.94. The van der Waals surface area contributed by atoms with E-state index in [-0.39, 0.29) is 0 Å². The summed E-state index contributed by atoms with van der Waals surface area (Å²) in [5, 5.41) is 6.92. The molecule has 0 fully saturated rings. The van der Waals surface area contributed by atoms with E-state index in [1.54, 1.807) is 11.3 Å². The molecule has 3 heteroatoms. The largest absolute Gasteiger partial charge is 0.309 e. The van der Waals surface area contributed by atoms with Crippen molar-refractivity contribution in [2.75, 3.05) is 6.54 Å². The highest BCUT2D eigenvalue weighted by Crippen LogP contribution is 2.21. The lowest BCUT2D eigenvalue weighted by molar-refractivity contribution is 0.494. The van der Waals surface area contributed by atoms with Crippen molar-refractivity contribution >= 4 is 11.3 Å². The molecule has 0 saturated carbocycles. The molecule has 1 aromatic heterocycles. The summed E-state index contributed by atoms with van der Waals surface area (Å²) in [6.45, 7) is 7.56. The van der Waals surface area contributed by atoms with E-state index in [1.165, 1.54) is 16.1 Å². The molecule has 1 heterocycles. The third-order valence-corrected chi connectivity index (χ3v) is 4.44. The Bertz CT molecular complexity index is 476. The molecule has 0 bridgehead atoms. The Morgan fingerprint density at radius 3 is 2.58 bits per heavy atom. The van der Waals surface area contributed by atoms with Crippen molar-refractivity contribution in [1.82, 2.24) is 10.3 Å². The zero-order valence-electron chi connectivity index (χ0n) is 11.9. The van der Waals surface area contributed by atoms with Crippen LogP contribution in [0.3, 0.4) is 0 Å². The molecular formula is C16H22N2S. The fourth-order valence-electron chi connectivity index (χ4n) is 2.18. The molecule has 0 aliphatic heterocycles. The molecule has 2 unspecified atom stereocenters. The Hall–Kier alpha value is -1.19. The number of nitrogens with zero attached hydrogens (tertiary/aromatic N) is 1. The minimum atomic E-state index is 0.433. The van der Waals surface area contributed by atoms with Gasteiger partial charge in [0.1, 0.15) is 0 Å². The molecule has 2 aromatic rings. The highest BCUT2D eigenvalue weighted by atomic mass is 32.1. The van der Waals surface area contributed by atoms with E-state index in [1.807, 2.05) is 11.6 Å². The van der Waals surface area contributed by atoms with Crippen LogP contribution in [0.1, 0.15) is 48.4 Å². The van der Waals surface area contributed by atoms with Gasteiger partial charge in [0.25, 0.3) is 0 Å². The van der Waals surface area contributed by atoms with Crippen LogP contribution >= 0.6 is 11.3 Å². The number of hydrogen-bond acceptors (Lipinski definition) is 3. The second kappa shape index (κ2) is 6.83.